The van der Waals surface area contributed by atoms with Crippen LogP contribution in [-0.2, 0) is 10.0 Å². The van der Waals surface area contributed by atoms with E-state index in [0.717, 1.165) is 23.7 Å². The van der Waals surface area contributed by atoms with Gasteiger partial charge in [-0.15, -0.1) is 9.93 Å². The van der Waals surface area contributed by atoms with Crippen molar-refractivity contribution in [2.75, 3.05) is 0 Å². The lowest BCUT2D eigenvalue weighted by Crippen LogP contribution is -2.67. The monoisotopic (exact) mass is 463 g/mol. The minimum absolute atomic E-state index is 0.298. The van der Waals surface area contributed by atoms with Crippen molar-refractivity contribution in [2.24, 2.45) is 0 Å². The summed E-state index contributed by atoms with van der Waals surface area (Å²) in [5.74, 6) is 0. The van der Waals surface area contributed by atoms with E-state index in [9.17, 15) is 39.6 Å². The molecular formula is C13H11F6N5O3S2. The third kappa shape index (κ3) is 4.94. The number of halogens is 6. The molecule has 2 amide bonds. The van der Waals surface area contributed by atoms with Gasteiger partial charge in [0.1, 0.15) is 5.69 Å². The van der Waals surface area contributed by atoms with E-state index in [-0.39, 0.29) is 6.92 Å². The molecule has 0 unspecified atom stereocenters. The van der Waals surface area contributed by atoms with Gasteiger partial charge in [0.2, 0.25) is 5.54 Å². The van der Waals surface area contributed by atoms with Crippen molar-refractivity contribution in [3.63, 3.8) is 0 Å². The number of urea groups is 1. The molecule has 1 aromatic heterocycles. The average Bonchev–Trinajstić information content (AvgIpc) is 3.13. The lowest BCUT2D eigenvalue weighted by molar-refractivity contribution is -0.297. The molecular weight excluding hydrogens is 452 g/mol. The lowest BCUT2D eigenvalue weighted by atomic mass is 10.0. The second-order valence-corrected chi connectivity index (χ2v) is 7.91. The summed E-state index contributed by atoms with van der Waals surface area (Å²) in [4.78, 5) is 12.5. The molecule has 2 rings (SSSR count). The Balaban J connectivity index is 2.08. The van der Waals surface area contributed by atoms with Crippen molar-refractivity contribution in [1.82, 2.24) is 25.2 Å². The van der Waals surface area contributed by atoms with Crippen LogP contribution in [-0.4, -0.2) is 41.9 Å². The zero-order valence-electron chi connectivity index (χ0n) is 14.1. The minimum atomic E-state index is -5.89. The largest absolute Gasteiger partial charge is 0.420 e. The molecule has 16 heteroatoms. The second kappa shape index (κ2) is 7.75. The van der Waals surface area contributed by atoms with Crippen molar-refractivity contribution in [1.29, 1.82) is 0 Å². The molecule has 0 spiro atoms. The summed E-state index contributed by atoms with van der Waals surface area (Å²) in [6, 6.07) is 2.81. The van der Waals surface area contributed by atoms with Crippen molar-refractivity contribution in [2.45, 2.75) is 29.7 Å². The molecule has 29 heavy (non-hydrogen) atoms. The summed E-state index contributed by atoms with van der Waals surface area (Å²) in [5, 5.41) is 6.04. The maximum atomic E-state index is 12.7. The van der Waals surface area contributed by atoms with Crippen molar-refractivity contribution < 1.29 is 39.6 Å². The molecule has 0 saturated carbocycles. The predicted molar refractivity (Wildman–Crippen MR) is 87.8 cm³/mol. The van der Waals surface area contributed by atoms with Crippen molar-refractivity contribution in [3.05, 3.63) is 29.6 Å². The number of benzene rings is 1. The number of sulfonamides is 1. The van der Waals surface area contributed by atoms with Crippen LogP contribution in [0.25, 0.3) is 11.3 Å². The number of carbonyl (C=O) groups is 1. The molecule has 0 aliphatic heterocycles. The highest BCUT2D eigenvalue weighted by molar-refractivity contribution is 7.89. The second-order valence-electron chi connectivity index (χ2n) is 5.62. The maximum Gasteiger partial charge on any atom is 0.420 e. The fourth-order valence-corrected chi connectivity index (χ4v) is 3.13. The van der Waals surface area contributed by atoms with E-state index in [0.29, 0.717) is 16.6 Å². The van der Waals surface area contributed by atoms with Gasteiger partial charge in [-0.2, -0.15) is 26.3 Å². The van der Waals surface area contributed by atoms with Crippen LogP contribution in [0, 0.1) is 0 Å². The fraction of sp³-hybridized carbons (Fsp3) is 0.308. The van der Waals surface area contributed by atoms with E-state index in [1.54, 1.807) is 5.38 Å². The Morgan fingerprint density at radius 2 is 1.59 bits per heavy atom. The Labute approximate surface area is 163 Å². The number of hydrogen-bond acceptors (Lipinski definition) is 6. The molecule has 1 heterocycles. The number of nitrogens with one attached hydrogen (secondary N) is 3. The zero-order chi connectivity index (χ0) is 22.1. The first-order valence-corrected chi connectivity index (χ1v) is 9.60. The number of hydrazine groups is 1. The molecule has 2 aromatic rings. The summed E-state index contributed by atoms with van der Waals surface area (Å²) >= 11 is 1.06. The van der Waals surface area contributed by atoms with Gasteiger partial charge >= 0.3 is 18.4 Å². The molecule has 1 aromatic carbocycles. The number of alkyl halides is 6. The quantitative estimate of drug-likeness (QED) is 0.466. The van der Waals surface area contributed by atoms with Gasteiger partial charge in [0.15, 0.2) is 0 Å². The summed E-state index contributed by atoms with van der Waals surface area (Å²) in [7, 11) is -4.49. The molecule has 0 aliphatic carbocycles. The summed E-state index contributed by atoms with van der Waals surface area (Å²) in [5.41, 5.74) is -2.37. The van der Waals surface area contributed by atoms with Gasteiger partial charge in [-0.05, 0) is 30.6 Å². The Kier molecular flexibility index (Phi) is 6.10. The van der Waals surface area contributed by atoms with Gasteiger partial charge in [0.25, 0.3) is 10.0 Å². The van der Waals surface area contributed by atoms with E-state index in [4.69, 9.17) is 0 Å². The molecule has 3 N–H and O–H groups in total. The Bertz CT molecular complexity index is 944. The van der Waals surface area contributed by atoms with Gasteiger partial charge in [-0.3, -0.25) is 5.43 Å². The molecule has 0 saturated heterocycles. The average molecular weight is 463 g/mol. The lowest BCUT2D eigenvalue weighted by Gasteiger charge is -2.34. The van der Waals surface area contributed by atoms with Crippen LogP contribution < -0.4 is 15.6 Å². The van der Waals surface area contributed by atoms with Gasteiger partial charge in [0, 0.05) is 10.9 Å². The van der Waals surface area contributed by atoms with Crippen LogP contribution in [0.5, 0.6) is 0 Å². The third-order valence-electron chi connectivity index (χ3n) is 3.62. The topological polar surface area (TPSA) is 113 Å². The smallest absolute Gasteiger partial charge is 0.315 e. The summed E-state index contributed by atoms with van der Waals surface area (Å²) in [6.45, 7) is -0.298. The number of nitrogens with zero attached hydrogens (tertiary/aromatic N) is 2. The highest BCUT2D eigenvalue weighted by atomic mass is 32.2. The van der Waals surface area contributed by atoms with Gasteiger partial charge < -0.3 is 5.32 Å². The SMILES string of the molecule is CC(NC(=O)NNS(=O)(=O)c1ccc(-c2csnn2)cc1)(C(F)(F)F)C(F)(F)F. The molecule has 8 nitrogen and oxygen atoms in total. The van der Waals surface area contributed by atoms with Crippen LogP contribution in [0.3, 0.4) is 0 Å². The maximum absolute atomic E-state index is 12.7. The van der Waals surface area contributed by atoms with E-state index < -0.39 is 38.8 Å². The zero-order valence-corrected chi connectivity index (χ0v) is 15.7. The van der Waals surface area contributed by atoms with Crippen LogP contribution in [0.1, 0.15) is 6.92 Å². The molecule has 160 valence electrons. The van der Waals surface area contributed by atoms with E-state index in [1.807, 2.05) is 0 Å². The number of carbonyl (C=O) groups excluding carboxylic acids is 1. The van der Waals surface area contributed by atoms with Gasteiger partial charge in [-0.25, -0.2) is 13.2 Å². The molecule has 0 aliphatic rings. The van der Waals surface area contributed by atoms with Gasteiger partial charge in [-0.1, -0.05) is 16.6 Å². The molecule has 0 radical (unpaired) electrons. The number of amides is 2. The van der Waals surface area contributed by atoms with E-state index in [1.165, 1.54) is 22.4 Å². The van der Waals surface area contributed by atoms with Crippen LogP contribution in [0.15, 0.2) is 34.5 Å². The van der Waals surface area contributed by atoms with E-state index >= 15 is 0 Å². The standard InChI is InChI=1S/C13H11F6N5O3S2/c1-11(12(14,15)16,13(17,18)19)20-10(25)22-24-29(26,27)8-4-2-7(3-5-8)9-6-28-23-21-9/h2-6,24H,1H3,(H2,20,22,25). The number of rotatable bonds is 5. The predicted octanol–water partition coefficient (Wildman–Crippen LogP) is 2.58. The summed E-state index contributed by atoms with van der Waals surface area (Å²) in [6.07, 6.45) is -11.8. The highest BCUT2D eigenvalue weighted by Gasteiger charge is 2.68. The first-order chi connectivity index (χ1) is 13.2. The molecule has 0 atom stereocenters. The molecule has 0 bridgehead atoms. The third-order valence-corrected chi connectivity index (χ3v) is 5.38. The van der Waals surface area contributed by atoms with Crippen LogP contribution in [0.2, 0.25) is 0 Å². The number of hydrogen-bond donors (Lipinski definition) is 3. The Morgan fingerprint density at radius 1 is 1.03 bits per heavy atom. The number of aromatic nitrogens is 2. The normalized spacial score (nSPS) is 13.2. The Morgan fingerprint density at radius 3 is 2.03 bits per heavy atom. The first-order valence-electron chi connectivity index (χ1n) is 7.28. The van der Waals surface area contributed by atoms with Crippen molar-refractivity contribution >= 4 is 27.6 Å². The van der Waals surface area contributed by atoms with Crippen LogP contribution >= 0.6 is 11.5 Å². The van der Waals surface area contributed by atoms with Crippen molar-refractivity contribution in [3.8, 4) is 11.3 Å². The van der Waals surface area contributed by atoms with Crippen LogP contribution in [0.4, 0.5) is 31.1 Å². The first kappa shape index (κ1) is 22.8. The fourth-order valence-electron chi connectivity index (χ4n) is 1.83. The van der Waals surface area contributed by atoms with Gasteiger partial charge in [0.05, 0.1) is 4.90 Å². The van der Waals surface area contributed by atoms with E-state index in [2.05, 4.69) is 9.59 Å². The molecule has 0 fully saturated rings. The minimum Gasteiger partial charge on any atom is -0.315 e. The Hall–Kier alpha value is -2.46. The summed E-state index contributed by atoms with van der Waals surface area (Å²) < 4.78 is 104. The highest BCUT2D eigenvalue weighted by Crippen LogP contribution is 2.42.